The minimum absolute atomic E-state index is 0.124. The Morgan fingerprint density at radius 2 is 1.86 bits per heavy atom. The van der Waals surface area contributed by atoms with Crippen molar-refractivity contribution in [3.8, 4) is 0 Å². The van der Waals surface area contributed by atoms with Gasteiger partial charge in [0.25, 0.3) is 0 Å². The highest BCUT2D eigenvalue weighted by Gasteiger charge is 2.10. The maximum Gasteiger partial charge on any atom is 0.319 e. The van der Waals surface area contributed by atoms with E-state index < -0.39 is 0 Å². The summed E-state index contributed by atoms with van der Waals surface area (Å²) in [5.41, 5.74) is 3.28. The van der Waals surface area contributed by atoms with Crippen LogP contribution in [0.25, 0.3) is 0 Å². The van der Waals surface area contributed by atoms with Crippen LogP contribution in [0.4, 0.5) is 14.9 Å². The molecule has 0 aromatic heterocycles. The first kappa shape index (κ1) is 16.0. The second-order valence-corrected chi connectivity index (χ2v) is 5.38. The van der Waals surface area contributed by atoms with E-state index in [4.69, 9.17) is 0 Å². The molecule has 2 N–H and O–H groups in total. The van der Waals surface area contributed by atoms with Crippen molar-refractivity contribution < 1.29 is 9.18 Å². The molecular weight excluding hydrogens is 279 g/mol. The second kappa shape index (κ2) is 7.07. The van der Waals surface area contributed by atoms with Crippen LogP contribution in [0.15, 0.2) is 42.5 Å². The van der Waals surface area contributed by atoms with Crippen LogP contribution in [-0.2, 0) is 6.42 Å². The molecular formula is C18H21FN2O. The normalized spacial score (nSPS) is 11.8. The number of carbonyl (C=O) groups is 1. The Kier molecular flexibility index (Phi) is 5.15. The highest BCUT2D eigenvalue weighted by atomic mass is 19.1. The summed E-state index contributed by atoms with van der Waals surface area (Å²) in [5, 5.41) is 5.49. The van der Waals surface area contributed by atoms with E-state index in [-0.39, 0.29) is 17.9 Å². The molecule has 2 aromatic carbocycles. The van der Waals surface area contributed by atoms with Crippen LogP contribution in [-0.4, -0.2) is 6.03 Å². The first-order chi connectivity index (χ1) is 10.5. The molecule has 22 heavy (non-hydrogen) atoms. The first-order valence-electron chi connectivity index (χ1n) is 7.42. The van der Waals surface area contributed by atoms with Gasteiger partial charge < -0.3 is 10.6 Å². The van der Waals surface area contributed by atoms with Gasteiger partial charge in [-0.15, -0.1) is 0 Å². The zero-order valence-electron chi connectivity index (χ0n) is 13.1. The quantitative estimate of drug-likeness (QED) is 0.852. The van der Waals surface area contributed by atoms with Crippen LogP contribution in [0.5, 0.6) is 0 Å². The van der Waals surface area contributed by atoms with Gasteiger partial charge in [-0.3, -0.25) is 0 Å². The lowest BCUT2D eigenvalue weighted by Crippen LogP contribution is -2.31. The van der Waals surface area contributed by atoms with Gasteiger partial charge in [-0.2, -0.15) is 0 Å². The van der Waals surface area contributed by atoms with Gasteiger partial charge in [0.15, 0.2) is 0 Å². The molecule has 2 aromatic rings. The van der Waals surface area contributed by atoms with E-state index in [0.717, 1.165) is 12.0 Å². The molecule has 0 saturated carbocycles. The van der Waals surface area contributed by atoms with Crippen molar-refractivity contribution in [1.82, 2.24) is 5.32 Å². The number of anilines is 1. The van der Waals surface area contributed by atoms with Crippen LogP contribution in [0, 0.1) is 12.7 Å². The number of rotatable bonds is 4. The molecule has 0 spiro atoms. The van der Waals surface area contributed by atoms with Gasteiger partial charge in [-0.1, -0.05) is 37.3 Å². The molecule has 3 nitrogen and oxygen atoms in total. The zero-order valence-corrected chi connectivity index (χ0v) is 13.1. The smallest absolute Gasteiger partial charge is 0.319 e. The molecule has 0 fully saturated rings. The topological polar surface area (TPSA) is 41.1 Å². The fraction of sp³-hybridized carbons (Fsp3) is 0.278. The Bertz CT molecular complexity index is 653. The summed E-state index contributed by atoms with van der Waals surface area (Å²) in [6, 6.07) is 12.3. The lowest BCUT2D eigenvalue weighted by atomic mass is 10.1. The van der Waals surface area contributed by atoms with Crippen LogP contribution in [0.3, 0.4) is 0 Å². The maximum atomic E-state index is 13.5. The van der Waals surface area contributed by atoms with Gasteiger partial charge in [0, 0.05) is 5.69 Å². The van der Waals surface area contributed by atoms with Crippen LogP contribution in [0.1, 0.15) is 36.6 Å². The van der Waals surface area contributed by atoms with E-state index in [1.54, 1.807) is 19.1 Å². The van der Waals surface area contributed by atoms with Crippen molar-refractivity contribution >= 4 is 11.7 Å². The van der Waals surface area contributed by atoms with Crippen molar-refractivity contribution in [2.45, 2.75) is 33.2 Å². The number of benzene rings is 2. The predicted molar refractivity (Wildman–Crippen MR) is 87.5 cm³/mol. The number of halogens is 1. The number of hydrogen-bond donors (Lipinski definition) is 2. The summed E-state index contributed by atoms with van der Waals surface area (Å²) in [6.45, 7) is 5.70. The molecule has 0 radical (unpaired) electrons. The third-order valence-electron chi connectivity index (χ3n) is 3.67. The minimum Gasteiger partial charge on any atom is -0.331 e. The molecule has 116 valence electrons. The van der Waals surface area contributed by atoms with E-state index >= 15 is 0 Å². The molecule has 4 heteroatoms. The van der Waals surface area contributed by atoms with E-state index in [0.29, 0.717) is 11.3 Å². The van der Waals surface area contributed by atoms with Gasteiger partial charge in [0.1, 0.15) is 5.82 Å². The Labute approximate surface area is 130 Å². The molecule has 0 saturated heterocycles. The summed E-state index contributed by atoms with van der Waals surface area (Å²) in [6.07, 6.45) is 0.988. The summed E-state index contributed by atoms with van der Waals surface area (Å²) in [7, 11) is 0. The van der Waals surface area contributed by atoms with E-state index in [2.05, 4.69) is 29.7 Å². The Morgan fingerprint density at radius 1 is 1.18 bits per heavy atom. The molecule has 0 aliphatic rings. The van der Waals surface area contributed by atoms with Crippen LogP contribution in [0.2, 0.25) is 0 Å². The van der Waals surface area contributed by atoms with Crippen molar-refractivity contribution in [3.05, 3.63) is 65.0 Å². The van der Waals surface area contributed by atoms with E-state index in [1.165, 1.54) is 11.6 Å². The van der Waals surface area contributed by atoms with Crippen LogP contribution < -0.4 is 10.6 Å². The van der Waals surface area contributed by atoms with Crippen molar-refractivity contribution in [1.29, 1.82) is 0 Å². The summed E-state index contributed by atoms with van der Waals surface area (Å²) >= 11 is 0. The third-order valence-corrected chi connectivity index (χ3v) is 3.67. The summed E-state index contributed by atoms with van der Waals surface area (Å²) < 4.78 is 13.5. The summed E-state index contributed by atoms with van der Waals surface area (Å²) in [5.74, 6) is -0.332. The van der Waals surface area contributed by atoms with Gasteiger partial charge in [0.2, 0.25) is 0 Å². The molecule has 0 aliphatic heterocycles. The average Bonchev–Trinajstić information content (AvgIpc) is 2.51. The maximum absolute atomic E-state index is 13.5. The Hall–Kier alpha value is -2.36. The van der Waals surface area contributed by atoms with Gasteiger partial charge in [0.05, 0.1) is 6.04 Å². The second-order valence-electron chi connectivity index (χ2n) is 5.38. The van der Waals surface area contributed by atoms with Gasteiger partial charge >= 0.3 is 6.03 Å². The number of aryl methyl sites for hydroxylation is 2. The van der Waals surface area contributed by atoms with Crippen molar-refractivity contribution in [3.63, 3.8) is 0 Å². The average molecular weight is 300 g/mol. The SMILES string of the molecule is CCc1ccc([C@@H](C)NC(=O)Nc2ccc(C)c(F)c2)cc1. The van der Waals surface area contributed by atoms with Crippen LogP contribution >= 0.6 is 0 Å². The molecule has 1 atom stereocenters. The first-order valence-corrected chi connectivity index (χ1v) is 7.42. The standard InChI is InChI=1S/C18H21FN2O/c1-4-14-6-8-15(9-7-14)13(3)20-18(22)21-16-10-5-12(2)17(19)11-16/h5-11,13H,4H2,1-3H3,(H2,20,21,22)/t13-/m1/s1. The predicted octanol–water partition coefficient (Wildman–Crippen LogP) is 4.58. The van der Waals surface area contributed by atoms with Crippen molar-refractivity contribution in [2.24, 2.45) is 0 Å². The molecule has 0 unspecified atom stereocenters. The molecule has 2 rings (SSSR count). The van der Waals surface area contributed by atoms with Crippen molar-refractivity contribution in [2.75, 3.05) is 5.32 Å². The Balaban J connectivity index is 1.96. The van der Waals surface area contributed by atoms with Gasteiger partial charge in [-0.25, -0.2) is 9.18 Å². The molecule has 2 amide bonds. The van der Waals surface area contributed by atoms with E-state index in [1.807, 2.05) is 19.1 Å². The largest absolute Gasteiger partial charge is 0.331 e. The third kappa shape index (κ3) is 4.07. The van der Waals surface area contributed by atoms with E-state index in [9.17, 15) is 9.18 Å². The number of nitrogens with one attached hydrogen (secondary N) is 2. The number of urea groups is 1. The monoisotopic (exact) mass is 300 g/mol. The fourth-order valence-corrected chi connectivity index (χ4v) is 2.16. The summed E-state index contributed by atoms with van der Waals surface area (Å²) in [4.78, 5) is 12.0. The highest BCUT2D eigenvalue weighted by molar-refractivity contribution is 5.89. The molecule has 0 aliphatic carbocycles. The lowest BCUT2D eigenvalue weighted by molar-refractivity contribution is 0.249. The fourth-order valence-electron chi connectivity index (χ4n) is 2.16. The zero-order chi connectivity index (χ0) is 16.1. The molecule has 0 heterocycles. The lowest BCUT2D eigenvalue weighted by Gasteiger charge is -2.15. The number of carbonyl (C=O) groups excluding carboxylic acids is 1. The Morgan fingerprint density at radius 3 is 2.45 bits per heavy atom. The number of amides is 2. The molecule has 0 bridgehead atoms. The van der Waals surface area contributed by atoms with Gasteiger partial charge in [-0.05, 0) is 49.1 Å². The number of hydrogen-bond acceptors (Lipinski definition) is 1. The minimum atomic E-state index is -0.352. The highest BCUT2D eigenvalue weighted by Crippen LogP contribution is 2.16.